The van der Waals surface area contributed by atoms with Gasteiger partial charge in [0.25, 0.3) is 0 Å². The minimum Gasteiger partial charge on any atom is -0.466 e. The second-order valence-corrected chi connectivity index (χ2v) is 12.2. The van der Waals surface area contributed by atoms with Crippen LogP contribution in [0.3, 0.4) is 0 Å². The molecule has 1 aliphatic heterocycles. The summed E-state index contributed by atoms with van der Waals surface area (Å²) >= 11 is 0. The molecule has 0 bridgehead atoms. The van der Waals surface area contributed by atoms with E-state index in [1.54, 1.807) is 0 Å². The number of carbonyl (C=O) groups is 2. The molecular formula is C32H59N3O8. The summed E-state index contributed by atoms with van der Waals surface area (Å²) in [6.45, 7) is 8.44. The van der Waals surface area contributed by atoms with Crippen molar-refractivity contribution in [2.45, 2.75) is 115 Å². The molecule has 1 saturated heterocycles. The highest BCUT2D eigenvalue weighted by Crippen LogP contribution is 2.38. The Morgan fingerprint density at radius 1 is 0.791 bits per heavy atom. The van der Waals surface area contributed by atoms with Crippen LogP contribution in [0.4, 0.5) is 0 Å². The van der Waals surface area contributed by atoms with Gasteiger partial charge in [0.15, 0.2) is 0 Å². The van der Waals surface area contributed by atoms with Crippen LogP contribution in [0.1, 0.15) is 103 Å². The van der Waals surface area contributed by atoms with Gasteiger partial charge in [0.2, 0.25) is 0 Å². The van der Waals surface area contributed by atoms with Gasteiger partial charge in [-0.15, -0.1) is 0 Å². The fourth-order valence-electron chi connectivity index (χ4n) is 6.24. The van der Waals surface area contributed by atoms with E-state index in [-0.39, 0.29) is 35.6 Å². The van der Waals surface area contributed by atoms with Gasteiger partial charge in [-0.05, 0) is 63.2 Å². The third-order valence-corrected chi connectivity index (χ3v) is 8.84. The zero-order valence-electron chi connectivity index (χ0n) is 26.5. The predicted octanol–water partition coefficient (Wildman–Crippen LogP) is 4.12. The lowest BCUT2D eigenvalue weighted by atomic mass is 9.86. The number of allylic oxidation sites excluding steroid dienone is 2. The van der Waals surface area contributed by atoms with Gasteiger partial charge in [-0.1, -0.05) is 44.8 Å². The summed E-state index contributed by atoms with van der Waals surface area (Å²) in [6, 6.07) is 0. The van der Waals surface area contributed by atoms with Gasteiger partial charge in [-0.2, -0.15) is 0 Å². The van der Waals surface area contributed by atoms with Crippen molar-refractivity contribution in [2.75, 3.05) is 52.5 Å². The number of ether oxygens (including phenoxy) is 1. The van der Waals surface area contributed by atoms with Gasteiger partial charge in [0.05, 0.1) is 30.8 Å². The lowest BCUT2D eigenvalue weighted by molar-refractivity contribution is -0.492. The molecule has 250 valence electrons. The van der Waals surface area contributed by atoms with E-state index in [0.717, 1.165) is 71.4 Å². The summed E-state index contributed by atoms with van der Waals surface area (Å²) < 4.78 is 5.41. The molecule has 1 saturated carbocycles. The quantitative estimate of drug-likeness (QED) is 0.0540. The summed E-state index contributed by atoms with van der Waals surface area (Å²) in [4.78, 5) is 33.7. The highest BCUT2D eigenvalue weighted by molar-refractivity contribution is 5.78. The van der Waals surface area contributed by atoms with Crippen molar-refractivity contribution in [3.05, 3.63) is 12.2 Å². The first kappa shape index (κ1) is 37.7. The van der Waals surface area contributed by atoms with Crippen molar-refractivity contribution < 1.29 is 39.8 Å². The number of unbranched alkanes of at least 4 members (excludes halogenated alkanes) is 5. The number of ketones is 1. The zero-order chi connectivity index (χ0) is 31.3. The topological polar surface area (TPSA) is 143 Å². The number of rotatable bonds is 24. The molecule has 0 unspecified atom stereocenters. The molecule has 11 heteroatoms. The van der Waals surface area contributed by atoms with Crippen LogP contribution in [-0.4, -0.2) is 112 Å². The molecule has 11 nitrogen and oxygen atoms in total. The molecular weight excluding hydrogens is 554 g/mol. The molecule has 2 aliphatic rings. The van der Waals surface area contributed by atoms with Gasteiger partial charge in [0, 0.05) is 58.5 Å². The normalized spacial score (nSPS) is 23.5. The number of hydrogen-bond donors (Lipinski definition) is 4. The van der Waals surface area contributed by atoms with E-state index in [0.29, 0.717) is 51.6 Å². The largest absolute Gasteiger partial charge is 0.466 e. The molecule has 2 fully saturated rings. The number of carbonyl (C=O) groups excluding carboxylic acids is 2. The highest BCUT2D eigenvalue weighted by atomic mass is 17.1. The number of hydrogen-bond acceptors (Lipinski definition) is 11. The van der Waals surface area contributed by atoms with E-state index in [1.165, 1.54) is 19.3 Å². The van der Waals surface area contributed by atoms with E-state index in [4.69, 9.17) is 15.2 Å². The maximum atomic E-state index is 12.3. The third-order valence-electron chi connectivity index (χ3n) is 8.84. The first-order valence-corrected chi connectivity index (χ1v) is 16.7. The van der Waals surface area contributed by atoms with E-state index in [2.05, 4.69) is 21.6 Å². The number of esters is 1. The first-order chi connectivity index (χ1) is 20.8. The number of Topliss-reactive ketones (excluding diaryl/α,β-unsaturated/α-hetero) is 1. The smallest absolute Gasteiger partial charge is 0.305 e. The van der Waals surface area contributed by atoms with Gasteiger partial charge in [-0.3, -0.25) is 24.8 Å². The Kier molecular flexibility index (Phi) is 20.2. The number of piperazine rings is 1. The van der Waals surface area contributed by atoms with Crippen LogP contribution < -0.4 is 0 Å². The fraction of sp³-hybridized carbons (Fsp3) is 0.875. The maximum Gasteiger partial charge on any atom is 0.305 e. The Balaban J connectivity index is 1.50. The summed E-state index contributed by atoms with van der Waals surface area (Å²) in [5, 5.41) is 37.8. The lowest BCUT2D eigenvalue weighted by Gasteiger charge is -2.34. The lowest BCUT2D eigenvalue weighted by Crippen LogP contribution is -2.47. The summed E-state index contributed by atoms with van der Waals surface area (Å²) in [6.07, 6.45) is 14.8. The van der Waals surface area contributed by atoms with Crippen LogP contribution >= 0.6 is 0 Å². The summed E-state index contributed by atoms with van der Waals surface area (Å²) in [7, 11) is 0. The van der Waals surface area contributed by atoms with Gasteiger partial charge >= 0.3 is 5.97 Å². The molecule has 0 amide bonds. The standard InChI is InChI=1S/C32H59N3O8/c1-2-3-4-5-8-13-27(36)16-17-29-28(30(37)26-31(29)38)14-9-6-7-10-15-32(39)42-24-11-18-33-20-22-34(23-21-33)19-12-25-43-35(40)41/h6,9,28-31,37-38,40-41H,2-5,7-8,10-26H2,1H3/b9-6-/t28-,29-,30+,31-/m1/s1. The number of aliphatic hydroxyl groups is 2. The van der Waals surface area contributed by atoms with Crippen LogP contribution in [0.25, 0.3) is 0 Å². The zero-order valence-corrected chi connectivity index (χ0v) is 26.5. The Morgan fingerprint density at radius 2 is 1.44 bits per heavy atom. The minimum absolute atomic E-state index is 0.0311. The van der Waals surface area contributed by atoms with E-state index in [1.807, 2.05) is 12.2 Å². The Hall–Kier alpha value is -1.44. The second-order valence-electron chi connectivity index (χ2n) is 12.2. The molecule has 43 heavy (non-hydrogen) atoms. The van der Waals surface area contributed by atoms with Crippen LogP contribution in [0, 0.1) is 11.8 Å². The monoisotopic (exact) mass is 613 g/mol. The SMILES string of the molecule is CCCCCCCC(=O)CC[C@@H]1[C@@H](C/C=C\CCCC(=O)OCCCN2CCN(CCCON(O)O)CC2)[C@@H](O)C[C@H]1O. The van der Waals surface area contributed by atoms with E-state index >= 15 is 0 Å². The molecule has 0 aromatic rings. The second kappa shape index (κ2) is 23.0. The molecule has 0 aromatic carbocycles. The molecule has 4 atom stereocenters. The van der Waals surface area contributed by atoms with Crippen molar-refractivity contribution in [2.24, 2.45) is 11.8 Å². The van der Waals surface area contributed by atoms with Crippen LogP contribution in [0.2, 0.25) is 0 Å². The molecule has 2 rings (SSSR count). The van der Waals surface area contributed by atoms with E-state index < -0.39 is 12.2 Å². The van der Waals surface area contributed by atoms with Crippen molar-refractivity contribution in [3.8, 4) is 0 Å². The van der Waals surface area contributed by atoms with Crippen LogP contribution in [-0.2, 0) is 19.2 Å². The van der Waals surface area contributed by atoms with Crippen molar-refractivity contribution in [1.82, 2.24) is 15.2 Å². The van der Waals surface area contributed by atoms with Gasteiger partial charge in [0.1, 0.15) is 5.78 Å². The Bertz CT molecular complexity index is 776. The summed E-state index contributed by atoms with van der Waals surface area (Å²) in [5.74, 6) is 0.0182. The van der Waals surface area contributed by atoms with Crippen molar-refractivity contribution >= 4 is 11.8 Å². The molecule has 4 N–H and O–H groups in total. The Morgan fingerprint density at radius 3 is 2.12 bits per heavy atom. The molecule has 1 aliphatic carbocycles. The average Bonchev–Trinajstić information content (AvgIpc) is 3.25. The number of nitrogens with zero attached hydrogens (tertiary/aromatic N) is 3. The maximum absolute atomic E-state index is 12.3. The number of aliphatic hydroxyl groups excluding tert-OH is 2. The van der Waals surface area contributed by atoms with E-state index in [9.17, 15) is 19.8 Å². The Labute approximate surface area is 258 Å². The first-order valence-electron chi connectivity index (χ1n) is 16.7. The molecule has 0 radical (unpaired) electrons. The molecule has 0 aromatic heterocycles. The van der Waals surface area contributed by atoms with Crippen LogP contribution in [0.15, 0.2) is 12.2 Å². The molecule has 1 heterocycles. The average molecular weight is 614 g/mol. The van der Waals surface area contributed by atoms with Crippen LogP contribution in [0.5, 0.6) is 0 Å². The highest BCUT2D eigenvalue weighted by Gasteiger charge is 2.40. The van der Waals surface area contributed by atoms with Crippen molar-refractivity contribution in [1.29, 1.82) is 0 Å². The van der Waals surface area contributed by atoms with Gasteiger partial charge in [-0.25, -0.2) is 0 Å². The third kappa shape index (κ3) is 17.0. The summed E-state index contributed by atoms with van der Waals surface area (Å²) in [5.41, 5.74) is 0. The van der Waals surface area contributed by atoms with Gasteiger partial charge < -0.3 is 24.7 Å². The minimum atomic E-state index is -0.552. The predicted molar refractivity (Wildman–Crippen MR) is 163 cm³/mol. The fourth-order valence-corrected chi connectivity index (χ4v) is 6.24. The molecule has 0 spiro atoms. The van der Waals surface area contributed by atoms with Crippen molar-refractivity contribution in [3.63, 3.8) is 0 Å².